The van der Waals surface area contributed by atoms with Crippen LogP contribution in [-0.2, 0) is 4.79 Å². The summed E-state index contributed by atoms with van der Waals surface area (Å²) in [6, 6.07) is 11.1. The quantitative estimate of drug-likeness (QED) is 0.648. The van der Waals surface area contributed by atoms with E-state index in [4.69, 9.17) is 10.5 Å². The first-order chi connectivity index (χ1) is 9.63. The van der Waals surface area contributed by atoms with E-state index in [1.54, 1.807) is 24.3 Å². The summed E-state index contributed by atoms with van der Waals surface area (Å²) >= 11 is 0. The molecule has 104 valence electrons. The molecule has 0 bridgehead atoms. The number of nitrogen functional groups attached to an aromatic ring is 1. The van der Waals surface area contributed by atoms with Crippen LogP contribution in [0.5, 0.6) is 5.75 Å². The SMILES string of the molecule is Nc1ccc(OCCC(=O)Nc2cccc(F)n2)cc1. The molecular formula is C14H14FN3O2. The van der Waals surface area contributed by atoms with E-state index in [-0.39, 0.29) is 24.8 Å². The predicted molar refractivity (Wildman–Crippen MR) is 73.8 cm³/mol. The van der Waals surface area contributed by atoms with Gasteiger partial charge in [0.2, 0.25) is 11.9 Å². The number of nitrogens with one attached hydrogen (secondary N) is 1. The summed E-state index contributed by atoms with van der Waals surface area (Å²) in [7, 11) is 0. The Morgan fingerprint density at radius 2 is 2.00 bits per heavy atom. The second kappa shape index (κ2) is 6.51. The molecule has 0 saturated carbocycles. The Labute approximate surface area is 115 Å². The highest BCUT2D eigenvalue weighted by atomic mass is 19.1. The number of aromatic nitrogens is 1. The van der Waals surface area contributed by atoms with Crippen molar-refractivity contribution in [1.82, 2.24) is 4.98 Å². The van der Waals surface area contributed by atoms with Gasteiger partial charge >= 0.3 is 0 Å². The fraction of sp³-hybridized carbons (Fsp3) is 0.143. The number of nitrogens with two attached hydrogens (primary N) is 1. The zero-order valence-corrected chi connectivity index (χ0v) is 10.7. The van der Waals surface area contributed by atoms with Crippen LogP contribution in [0, 0.1) is 5.95 Å². The maximum atomic E-state index is 12.8. The monoisotopic (exact) mass is 275 g/mol. The topological polar surface area (TPSA) is 77.2 Å². The minimum absolute atomic E-state index is 0.141. The van der Waals surface area contributed by atoms with Crippen LogP contribution in [0.25, 0.3) is 0 Å². The highest BCUT2D eigenvalue weighted by Gasteiger charge is 2.04. The lowest BCUT2D eigenvalue weighted by molar-refractivity contribution is -0.116. The first-order valence-corrected chi connectivity index (χ1v) is 6.04. The van der Waals surface area contributed by atoms with Crippen LogP contribution in [0.15, 0.2) is 42.5 Å². The maximum absolute atomic E-state index is 12.8. The van der Waals surface area contributed by atoms with E-state index in [9.17, 15) is 9.18 Å². The van der Waals surface area contributed by atoms with Gasteiger partial charge < -0.3 is 15.8 Å². The van der Waals surface area contributed by atoms with E-state index in [0.29, 0.717) is 11.4 Å². The highest BCUT2D eigenvalue weighted by molar-refractivity contribution is 5.89. The maximum Gasteiger partial charge on any atom is 0.228 e. The summed E-state index contributed by atoms with van der Waals surface area (Å²) in [5.41, 5.74) is 6.19. The van der Waals surface area contributed by atoms with Crippen molar-refractivity contribution in [2.24, 2.45) is 0 Å². The fourth-order valence-corrected chi connectivity index (χ4v) is 1.51. The Morgan fingerprint density at radius 1 is 1.25 bits per heavy atom. The Kier molecular flexibility index (Phi) is 4.49. The van der Waals surface area contributed by atoms with Gasteiger partial charge in [0.25, 0.3) is 0 Å². The number of rotatable bonds is 5. The number of halogens is 1. The number of amides is 1. The van der Waals surface area contributed by atoms with Crippen LogP contribution in [0.3, 0.4) is 0 Å². The summed E-state index contributed by atoms with van der Waals surface area (Å²) in [6.45, 7) is 0.213. The van der Waals surface area contributed by atoms with Crippen molar-refractivity contribution in [1.29, 1.82) is 0 Å². The summed E-state index contributed by atoms with van der Waals surface area (Å²) in [5.74, 6) is -0.113. The van der Waals surface area contributed by atoms with E-state index in [1.165, 1.54) is 18.2 Å². The van der Waals surface area contributed by atoms with Crippen LogP contribution >= 0.6 is 0 Å². The third-order valence-electron chi connectivity index (χ3n) is 2.46. The van der Waals surface area contributed by atoms with Gasteiger partial charge in [-0.2, -0.15) is 4.39 Å². The van der Waals surface area contributed by atoms with Crippen molar-refractivity contribution in [3.63, 3.8) is 0 Å². The van der Waals surface area contributed by atoms with E-state index >= 15 is 0 Å². The van der Waals surface area contributed by atoms with Gasteiger partial charge in [-0.25, -0.2) is 4.98 Å². The normalized spacial score (nSPS) is 10.1. The van der Waals surface area contributed by atoms with E-state index in [2.05, 4.69) is 10.3 Å². The number of ether oxygens (including phenoxy) is 1. The molecule has 20 heavy (non-hydrogen) atoms. The third-order valence-corrected chi connectivity index (χ3v) is 2.46. The molecule has 1 amide bonds. The van der Waals surface area contributed by atoms with Gasteiger partial charge in [0, 0.05) is 5.69 Å². The standard InChI is InChI=1S/C14H14FN3O2/c15-12-2-1-3-13(17-12)18-14(19)8-9-20-11-6-4-10(16)5-7-11/h1-7H,8-9,16H2,(H,17,18,19). The van der Waals surface area contributed by atoms with Crippen molar-refractivity contribution in [3.05, 3.63) is 48.4 Å². The zero-order valence-electron chi connectivity index (χ0n) is 10.7. The first kappa shape index (κ1) is 13.8. The molecule has 1 aromatic carbocycles. The van der Waals surface area contributed by atoms with Crippen LogP contribution in [0.1, 0.15) is 6.42 Å². The average Bonchev–Trinajstić information content (AvgIpc) is 2.41. The number of benzene rings is 1. The molecule has 2 aromatic rings. The highest BCUT2D eigenvalue weighted by Crippen LogP contribution is 2.13. The lowest BCUT2D eigenvalue weighted by Crippen LogP contribution is -2.16. The van der Waals surface area contributed by atoms with Crippen LogP contribution in [-0.4, -0.2) is 17.5 Å². The van der Waals surface area contributed by atoms with E-state index in [0.717, 1.165) is 0 Å². The summed E-state index contributed by atoms with van der Waals surface area (Å²) < 4.78 is 18.2. The average molecular weight is 275 g/mol. The number of pyridine rings is 1. The zero-order chi connectivity index (χ0) is 14.4. The van der Waals surface area contributed by atoms with Crippen molar-refractivity contribution in [2.45, 2.75) is 6.42 Å². The Hall–Kier alpha value is -2.63. The number of anilines is 2. The van der Waals surface area contributed by atoms with Gasteiger partial charge in [-0.1, -0.05) is 6.07 Å². The number of nitrogens with zero attached hydrogens (tertiary/aromatic N) is 1. The first-order valence-electron chi connectivity index (χ1n) is 6.04. The van der Waals surface area contributed by atoms with Gasteiger partial charge in [-0.15, -0.1) is 0 Å². The lowest BCUT2D eigenvalue weighted by Gasteiger charge is -2.07. The second-order valence-electron chi connectivity index (χ2n) is 4.06. The largest absolute Gasteiger partial charge is 0.493 e. The Morgan fingerprint density at radius 3 is 2.70 bits per heavy atom. The summed E-state index contributed by atoms with van der Waals surface area (Å²) in [5, 5.41) is 2.49. The number of carbonyl (C=O) groups is 1. The molecule has 6 heteroatoms. The smallest absolute Gasteiger partial charge is 0.228 e. The molecule has 3 N–H and O–H groups in total. The minimum Gasteiger partial charge on any atom is -0.493 e. The molecule has 5 nitrogen and oxygen atoms in total. The lowest BCUT2D eigenvalue weighted by atomic mass is 10.3. The molecular weight excluding hydrogens is 261 g/mol. The third kappa shape index (κ3) is 4.24. The molecule has 2 rings (SSSR count). The molecule has 1 aromatic heterocycles. The van der Waals surface area contributed by atoms with Crippen LogP contribution < -0.4 is 15.8 Å². The van der Waals surface area contributed by atoms with Crippen LogP contribution in [0.2, 0.25) is 0 Å². The number of carbonyl (C=O) groups excluding carboxylic acids is 1. The minimum atomic E-state index is -0.638. The van der Waals surface area contributed by atoms with Crippen molar-refractivity contribution in [2.75, 3.05) is 17.7 Å². The fourth-order valence-electron chi connectivity index (χ4n) is 1.51. The predicted octanol–water partition coefficient (Wildman–Crippen LogP) is 2.21. The van der Waals surface area contributed by atoms with Crippen molar-refractivity contribution in [3.8, 4) is 5.75 Å². The van der Waals surface area contributed by atoms with Gasteiger partial charge in [-0.3, -0.25) is 4.79 Å². The molecule has 0 radical (unpaired) electrons. The summed E-state index contributed by atoms with van der Waals surface area (Å²) in [6.07, 6.45) is 0.141. The second-order valence-corrected chi connectivity index (χ2v) is 4.06. The molecule has 0 fully saturated rings. The molecule has 0 saturated heterocycles. The number of hydrogen-bond donors (Lipinski definition) is 2. The molecule has 0 aliphatic carbocycles. The molecule has 1 heterocycles. The van der Waals surface area contributed by atoms with E-state index < -0.39 is 5.95 Å². The molecule has 0 spiro atoms. The molecule has 0 aliphatic rings. The van der Waals surface area contributed by atoms with Gasteiger partial charge in [0.15, 0.2) is 0 Å². The van der Waals surface area contributed by atoms with E-state index in [1.807, 2.05) is 0 Å². The number of hydrogen-bond acceptors (Lipinski definition) is 4. The Balaban J connectivity index is 1.76. The van der Waals surface area contributed by atoms with Gasteiger partial charge in [0.1, 0.15) is 11.6 Å². The van der Waals surface area contributed by atoms with Gasteiger partial charge in [0.05, 0.1) is 13.0 Å². The molecule has 0 aliphatic heterocycles. The summed E-state index contributed by atoms with van der Waals surface area (Å²) in [4.78, 5) is 15.1. The molecule has 0 unspecified atom stereocenters. The van der Waals surface area contributed by atoms with Crippen LogP contribution in [0.4, 0.5) is 15.9 Å². The Bertz CT molecular complexity index is 587. The molecule has 0 atom stereocenters. The van der Waals surface area contributed by atoms with Crippen molar-refractivity contribution < 1.29 is 13.9 Å². The van der Waals surface area contributed by atoms with Crippen molar-refractivity contribution >= 4 is 17.4 Å². The van der Waals surface area contributed by atoms with Gasteiger partial charge in [-0.05, 0) is 36.4 Å².